The second kappa shape index (κ2) is 9.48. The lowest BCUT2D eigenvalue weighted by Gasteiger charge is -2.29. The number of aryl methyl sites for hydroxylation is 1. The molecule has 32 heavy (non-hydrogen) atoms. The summed E-state index contributed by atoms with van der Waals surface area (Å²) in [7, 11) is 1.63. The van der Waals surface area contributed by atoms with Crippen LogP contribution >= 0.6 is 11.8 Å². The summed E-state index contributed by atoms with van der Waals surface area (Å²) in [4.78, 5) is 18.2. The maximum atomic E-state index is 13.5. The lowest BCUT2D eigenvalue weighted by Crippen LogP contribution is -2.31. The molecule has 0 spiro atoms. The number of thioether (sulfide) groups is 1. The molecule has 1 aliphatic heterocycles. The summed E-state index contributed by atoms with van der Waals surface area (Å²) in [6.45, 7) is 6.01. The number of hydrogen-bond acceptors (Lipinski definition) is 6. The van der Waals surface area contributed by atoms with Crippen molar-refractivity contribution >= 4 is 29.3 Å². The smallest absolute Gasteiger partial charge is 0.255 e. The molecule has 3 aromatic rings. The first-order chi connectivity index (χ1) is 15.5. The van der Waals surface area contributed by atoms with Crippen LogP contribution in [0.5, 0.6) is 5.75 Å². The van der Waals surface area contributed by atoms with E-state index in [1.165, 1.54) is 0 Å². The Labute approximate surface area is 192 Å². The van der Waals surface area contributed by atoms with Crippen molar-refractivity contribution in [1.29, 1.82) is 0 Å². The third kappa shape index (κ3) is 4.36. The van der Waals surface area contributed by atoms with Gasteiger partial charge < -0.3 is 15.4 Å². The van der Waals surface area contributed by atoms with Crippen LogP contribution in [-0.4, -0.2) is 33.5 Å². The maximum Gasteiger partial charge on any atom is 0.255 e. The summed E-state index contributed by atoms with van der Waals surface area (Å²) in [5.41, 5.74) is 3.98. The fourth-order valence-corrected chi connectivity index (χ4v) is 4.46. The predicted molar refractivity (Wildman–Crippen MR) is 128 cm³/mol. The average molecular weight is 450 g/mol. The molecule has 1 amide bonds. The standard InChI is InChI=1S/C24H27N5O2S/c1-5-13-32-24-27-23-25-16(3)20(22(30)26-17-10-8-9-15(2)14-17)21(29(23)28-24)18-11-6-7-12-19(18)31-4/h6-12,14,21H,5,13H2,1-4H3,(H,26,30)(H,25,27,28). The Morgan fingerprint density at radius 2 is 2.03 bits per heavy atom. The van der Waals surface area contributed by atoms with E-state index in [1.54, 1.807) is 23.6 Å². The molecule has 2 heterocycles. The number of methoxy groups -OCH3 is 1. The molecule has 7 nitrogen and oxygen atoms in total. The molecular formula is C24H27N5O2S. The number of benzene rings is 2. The second-order valence-electron chi connectivity index (χ2n) is 7.64. The minimum Gasteiger partial charge on any atom is -0.496 e. The SMILES string of the molecule is CCCSc1nc2n(n1)C(c1ccccc1OC)C(C(=O)Nc1cccc(C)c1)=C(C)N2. The molecule has 4 rings (SSSR count). The van der Waals surface area contributed by atoms with E-state index in [2.05, 4.69) is 22.5 Å². The topological polar surface area (TPSA) is 81.1 Å². The van der Waals surface area contributed by atoms with Crippen LogP contribution in [0.15, 0.2) is 65.0 Å². The van der Waals surface area contributed by atoms with Gasteiger partial charge in [-0.15, -0.1) is 5.10 Å². The zero-order valence-electron chi connectivity index (χ0n) is 18.7. The molecule has 166 valence electrons. The van der Waals surface area contributed by atoms with E-state index in [0.29, 0.717) is 22.4 Å². The Kier molecular flexibility index (Phi) is 6.50. The molecule has 2 N–H and O–H groups in total. The number of allylic oxidation sites excluding steroid dienone is 1. The van der Waals surface area contributed by atoms with E-state index in [0.717, 1.165) is 34.7 Å². The lowest BCUT2D eigenvalue weighted by atomic mass is 9.94. The molecule has 1 aromatic heterocycles. The summed E-state index contributed by atoms with van der Waals surface area (Å²) >= 11 is 1.60. The number of carbonyl (C=O) groups excluding carboxylic acids is 1. The number of anilines is 2. The maximum absolute atomic E-state index is 13.5. The molecule has 2 aromatic carbocycles. The molecule has 8 heteroatoms. The van der Waals surface area contributed by atoms with Crippen molar-refractivity contribution in [1.82, 2.24) is 14.8 Å². The minimum atomic E-state index is -0.476. The Morgan fingerprint density at radius 1 is 1.22 bits per heavy atom. The summed E-state index contributed by atoms with van der Waals surface area (Å²) in [5.74, 6) is 2.04. The van der Waals surface area contributed by atoms with Crippen LogP contribution in [-0.2, 0) is 4.79 Å². The molecular weight excluding hydrogens is 422 g/mol. The average Bonchev–Trinajstić information content (AvgIpc) is 3.19. The van der Waals surface area contributed by atoms with Gasteiger partial charge in [0.25, 0.3) is 5.91 Å². The van der Waals surface area contributed by atoms with E-state index >= 15 is 0 Å². The van der Waals surface area contributed by atoms with Gasteiger partial charge in [-0.1, -0.05) is 49.0 Å². The van der Waals surface area contributed by atoms with E-state index in [9.17, 15) is 4.79 Å². The van der Waals surface area contributed by atoms with Crippen LogP contribution in [0.4, 0.5) is 11.6 Å². The quantitative estimate of drug-likeness (QED) is 0.493. The van der Waals surface area contributed by atoms with Crippen LogP contribution in [0.1, 0.15) is 37.4 Å². The minimum absolute atomic E-state index is 0.194. The number of aromatic nitrogens is 3. The van der Waals surface area contributed by atoms with E-state index < -0.39 is 6.04 Å². The highest BCUT2D eigenvalue weighted by Crippen LogP contribution is 2.40. The van der Waals surface area contributed by atoms with Crippen molar-refractivity contribution in [3.8, 4) is 5.75 Å². The first-order valence-corrected chi connectivity index (χ1v) is 11.6. The summed E-state index contributed by atoms with van der Waals surface area (Å²) < 4.78 is 7.43. The first-order valence-electron chi connectivity index (χ1n) is 10.6. The fourth-order valence-electron chi connectivity index (χ4n) is 3.78. The van der Waals surface area contributed by atoms with Crippen LogP contribution in [0.2, 0.25) is 0 Å². The van der Waals surface area contributed by atoms with Crippen LogP contribution < -0.4 is 15.4 Å². The Balaban J connectivity index is 1.79. The summed E-state index contributed by atoms with van der Waals surface area (Å²) in [6.07, 6.45) is 1.03. The Morgan fingerprint density at radius 3 is 2.78 bits per heavy atom. The number of amides is 1. The molecule has 0 saturated carbocycles. The zero-order valence-corrected chi connectivity index (χ0v) is 19.5. The van der Waals surface area contributed by atoms with Gasteiger partial charge in [-0.3, -0.25) is 4.79 Å². The van der Waals surface area contributed by atoms with Crippen molar-refractivity contribution in [3.05, 3.63) is 70.9 Å². The monoisotopic (exact) mass is 449 g/mol. The number of rotatable bonds is 7. The molecule has 0 radical (unpaired) electrons. The van der Waals surface area contributed by atoms with Gasteiger partial charge in [0.2, 0.25) is 11.1 Å². The van der Waals surface area contributed by atoms with Crippen LogP contribution in [0, 0.1) is 6.92 Å². The van der Waals surface area contributed by atoms with Gasteiger partial charge >= 0.3 is 0 Å². The molecule has 0 bridgehead atoms. The van der Waals surface area contributed by atoms with Crippen molar-refractivity contribution in [3.63, 3.8) is 0 Å². The van der Waals surface area contributed by atoms with Crippen molar-refractivity contribution in [2.75, 3.05) is 23.5 Å². The van der Waals surface area contributed by atoms with Crippen LogP contribution in [0.3, 0.4) is 0 Å². The van der Waals surface area contributed by atoms with E-state index in [1.807, 2.05) is 62.4 Å². The van der Waals surface area contributed by atoms with Gasteiger partial charge in [-0.05, 0) is 44.0 Å². The number of hydrogen-bond donors (Lipinski definition) is 2. The van der Waals surface area contributed by atoms with Gasteiger partial charge in [-0.2, -0.15) is 4.98 Å². The first kappa shape index (κ1) is 22.0. The number of para-hydroxylation sites is 1. The lowest BCUT2D eigenvalue weighted by molar-refractivity contribution is -0.113. The van der Waals surface area contributed by atoms with Crippen molar-refractivity contribution in [2.45, 2.75) is 38.4 Å². The zero-order chi connectivity index (χ0) is 22.7. The number of nitrogens with zero attached hydrogens (tertiary/aromatic N) is 3. The molecule has 1 unspecified atom stereocenters. The van der Waals surface area contributed by atoms with Crippen molar-refractivity contribution < 1.29 is 9.53 Å². The van der Waals surface area contributed by atoms with Gasteiger partial charge in [0, 0.05) is 22.7 Å². The molecule has 0 saturated heterocycles. The largest absolute Gasteiger partial charge is 0.496 e. The number of carbonyl (C=O) groups is 1. The Hall–Kier alpha value is -3.26. The number of fused-ring (bicyclic) bond motifs is 1. The highest BCUT2D eigenvalue weighted by molar-refractivity contribution is 7.99. The second-order valence-corrected chi connectivity index (χ2v) is 8.70. The number of nitrogens with one attached hydrogen (secondary N) is 2. The molecule has 0 aliphatic carbocycles. The van der Waals surface area contributed by atoms with Gasteiger partial charge in [0.15, 0.2) is 0 Å². The normalized spacial score (nSPS) is 15.2. The molecule has 1 atom stereocenters. The van der Waals surface area contributed by atoms with E-state index in [4.69, 9.17) is 9.84 Å². The third-order valence-corrected chi connectivity index (χ3v) is 6.27. The third-order valence-electron chi connectivity index (χ3n) is 5.22. The highest BCUT2D eigenvalue weighted by atomic mass is 32.2. The van der Waals surface area contributed by atoms with E-state index in [-0.39, 0.29) is 5.91 Å². The van der Waals surface area contributed by atoms with Gasteiger partial charge in [0.05, 0.1) is 12.7 Å². The van der Waals surface area contributed by atoms with Gasteiger partial charge in [0.1, 0.15) is 11.8 Å². The van der Waals surface area contributed by atoms with Crippen molar-refractivity contribution in [2.24, 2.45) is 0 Å². The number of ether oxygens (including phenoxy) is 1. The summed E-state index contributed by atoms with van der Waals surface area (Å²) in [5, 5.41) is 11.8. The highest BCUT2D eigenvalue weighted by Gasteiger charge is 2.36. The molecule has 1 aliphatic rings. The Bertz CT molecular complexity index is 1170. The summed E-state index contributed by atoms with van der Waals surface area (Å²) in [6, 6.07) is 15.0. The molecule has 0 fully saturated rings. The van der Waals surface area contributed by atoms with Gasteiger partial charge in [-0.25, -0.2) is 4.68 Å². The predicted octanol–water partition coefficient (Wildman–Crippen LogP) is 5.02. The fraction of sp³-hybridized carbons (Fsp3) is 0.292. The van der Waals surface area contributed by atoms with Crippen LogP contribution in [0.25, 0.3) is 0 Å².